The average molecular weight is 232 g/mol. The van der Waals surface area contributed by atoms with Gasteiger partial charge in [-0.05, 0) is 18.2 Å². The maximum absolute atomic E-state index is 5.98. The van der Waals surface area contributed by atoms with Crippen LogP contribution < -0.4 is 5.43 Å². The molecule has 0 bridgehead atoms. The normalized spacial score (nSPS) is 10.6. The summed E-state index contributed by atoms with van der Waals surface area (Å²) in [5.74, 6) is 0. The Balaban J connectivity index is 2.03. The summed E-state index contributed by atoms with van der Waals surface area (Å²) in [5.41, 5.74) is 4.66. The van der Waals surface area contributed by atoms with E-state index in [1.165, 1.54) is 0 Å². The number of hydrogen-bond donors (Lipinski definition) is 1. The molecule has 0 aliphatic heterocycles. The molecule has 2 aromatic rings. The van der Waals surface area contributed by atoms with E-state index >= 15 is 0 Å². The molecule has 0 atom stereocenters. The summed E-state index contributed by atoms with van der Waals surface area (Å²) in [4.78, 5) is 3.91. The van der Waals surface area contributed by atoms with Crippen LogP contribution >= 0.6 is 11.6 Å². The van der Waals surface area contributed by atoms with Crippen molar-refractivity contribution in [2.24, 2.45) is 5.10 Å². The first kappa shape index (κ1) is 10.6. The van der Waals surface area contributed by atoms with Gasteiger partial charge in [0.25, 0.3) is 0 Å². The van der Waals surface area contributed by atoms with Crippen LogP contribution in [0.2, 0.25) is 5.02 Å². The first-order valence-electron chi connectivity index (χ1n) is 4.80. The molecule has 0 saturated heterocycles. The van der Waals surface area contributed by atoms with Crippen LogP contribution in [0.5, 0.6) is 0 Å². The fourth-order valence-corrected chi connectivity index (χ4v) is 1.37. The van der Waals surface area contributed by atoms with Gasteiger partial charge >= 0.3 is 0 Å². The van der Waals surface area contributed by atoms with Crippen molar-refractivity contribution in [1.82, 2.24) is 4.98 Å². The van der Waals surface area contributed by atoms with Gasteiger partial charge in [-0.1, -0.05) is 29.8 Å². The molecule has 0 saturated carbocycles. The van der Waals surface area contributed by atoms with Gasteiger partial charge in [0, 0.05) is 23.0 Å². The molecule has 16 heavy (non-hydrogen) atoms. The highest BCUT2D eigenvalue weighted by Gasteiger charge is 1.93. The van der Waals surface area contributed by atoms with Gasteiger partial charge in [-0.25, -0.2) is 0 Å². The van der Waals surface area contributed by atoms with Crippen LogP contribution in [-0.4, -0.2) is 11.2 Å². The maximum Gasteiger partial charge on any atom is 0.0592 e. The van der Waals surface area contributed by atoms with Gasteiger partial charge < -0.3 is 0 Å². The van der Waals surface area contributed by atoms with Crippen molar-refractivity contribution in [3.05, 3.63) is 59.4 Å². The summed E-state index contributed by atoms with van der Waals surface area (Å²) < 4.78 is 0. The Bertz CT molecular complexity index is 483. The van der Waals surface area contributed by atoms with E-state index < -0.39 is 0 Å². The van der Waals surface area contributed by atoms with Gasteiger partial charge in [-0.15, -0.1) is 0 Å². The van der Waals surface area contributed by atoms with Crippen LogP contribution in [-0.2, 0) is 0 Å². The fraction of sp³-hybridized carbons (Fsp3) is 0. The Hall–Kier alpha value is -1.87. The number of benzene rings is 1. The van der Waals surface area contributed by atoms with Gasteiger partial charge in [0.05, 0.1) is 11.9 Å². The Labute approximate surface area is 98.8 Å². The van der Waals surface area contributed by atoms with Crippen molar-refractivity contribution in [3.63, 3.8) is 0 Å². The van der Waals surface area contributed by atoms with E-state index in [2.05, 4.69) is 15.5 Å². The minimum Gasteiger partial charge on any atom is -0.278 e. The summed E-state index contributed by atoms with van der Waals surface area (Å²) in [6.45, 7) is 0. The molecule has 1 heterocycles. The second-order valence-electron chi connectivity index (χ2n) is 3.13. The van der Waals surface area contributed by atoms with Gasteiger partial charge in [-0.3, -0.25) is 10.4 Å². The molecular formula is C12H10ClN3. The van der Waals surface area contributed by atoms with Crippen molar-refractivity contribution in [3.8, 4) is 0 Å². The van der Waals surface area contributed by atoms with Gasteiger partial charge in [-0.2, -0.15) is 5.10 Å². The quantitative estimate of drug-likeness (QED) is 0.651. The monoisotopic (exact) mass is 231 g/mol. The molecule has 4 heteroatoms. The predicted molar refractivity (Wildman–Crippen MR) is 66.9 cm³/mol. The zero-order valence-electron chi connectivity index (χ0n) is 8.47. The number of aromatic nitrogens is 1. The van der Waals surface area contributed by atoms with Crippen LogP contribution in [0.4, 0.5) is 5.69 Å². The number of hydrazone groups is 1. The summed E-state index contributed by atoms with van der Waals surface area (Å²) in [6.07, 6.45) is 5.09. The number of rotatable bonds is 3. The summed E-state index contributed by atoms with van der Waals surface area (Å²) in [6, 6.07) is 11.2. The molecule has 80 valence electrons. The van der Waals surface area contributed by atoms with E-state index in [1.54, 1.807) is 18.6 Å². The number of nitrogens with zero attached hydrogens (tertiary/aromatic N) is 2. The number of halogens is 1. The first-order chi connectivity index (χ1) is 7.86. The van der Waals surface area contributed by atoms with E-state index in [0.717, 1.165) is 11.3 Å². The number of anilines is 1. The molecule has 2 rings (SSSR count). The maximum atomic E-state index is 5.98. The van der Waals surface area contributed by atoms with Crippen molar-refractivity contribution >= 4 is 23.5 Å². The predicted octanol–water partition coefficient (Wildman–Crippen LogP) is 3.18. The van der Waals surface area contributed by atoms with Crippen LogP contribution in [0.1, 0.15) is 5.56 Å². The number of pyridine rings is 1. The average Bonchev–Trinajstić information content (AvgIpc) is 2.33. The highest BCUT2D eigenvalue weighted by Crippen LogP contribution is 2.12. The Morgan fingerprint density at radius 2 is 1.88 bits per heavy atom. The number of hydrogen-bond acceptors (Lipinski definition) is 3. The molecule has 0 aliphatic carbocycles. The van der Waals surface area contributed by atoms with Crippen molar-refractivity contribution in [1.29, 1.82) is 0 Å². The van der Waals surface area contributed by atoms with Crippen LogP contribution in [0.3, 0.4) is 0 Å². The van der Waals surface area contributed by atoms with E-state index in [4.69, 9.17) is 11.6 Å². The minimum absolute atomic E-state index is 0.683. The summed E-state index contributed by atoms with van der Waals surface area (Å²) >= 11 is 5.98. The van der Waals surface area contributed by atoms with E-state index in [9.17, 15) is 0 Å². The lowest BCUT2D eigenvalue weighted by Gasteiger charge is -1.99. The van der Waals surface area contributed by atoms with Crippen LogP contribution in [0.25, 0.3) is 0 Å². The smallest absolute Gasteiger partial charge is 0.0592 e. The zero-order chi connectivity index (χ0) is 11.2. The number of nitrogens with one attached hydrogen (secondary N) is 1. The Kier molecular flexibility index (Phi) is 3.51. The molecule has 0 radical (unpaired) electrons. The molecule has 3 nitrogen and oxygen atoms in total. The lowest BCUT2D eigenvalue weighted by molar-refractivity contribution is 1.28. The third-order valence-electron chi connectivity index (χ3n) is 1.98. The summed E-state index contributed by atoms with van der Waals surface area (Å²) in [7, 11) is 0. The molecule has 0 aliphatic rings. The topological polar surface area (TPSA) is 37.3 Å². The van der Waals surface area contributed by atoms with Gasteiger partial charge in [0.2, 0.25) is 0 Å². The Morgan fingerprint density at radius 1 is 1.12 bits per heavy atom. The van der Waals surface area contributed by atoms with E-state index in [1.807, 2.05) is 36.4 Å². The molecule has 1 N–H and O–H groups in total. The zero-order valence-corrected chi connectivity index (χ0v) is 9.22. The SMILES string of the molecule is Clc1ccccc1/C=N/Nc1ccncc1. The van der Waals surface area contributed by atoms with E-state index in [0.29, 0.717) is 5.02 Å². The second kappa shape index (κ2) is 5.28. The third-order valence-corrected chi connectivity index (χ3v) is 2.33. The van der Waals surface area contributed by atoms with Crippen LogP contribution in [0.15, 0.2) is 53.9 Å². The molecule has 0 amide bonds. The van der Waals surface area contributed by atoms with Crippen molar-refractivity contribution in [2.45, 2.75) is 0 Å². The summed E-state index contributed by atoms with van der Waals surface area (Å²) in [5, 5.41) is 4.77. The van der Waals surface area contributed by atoms with Crippen molar-refractivity contribution < 1.29 is 0 Å². The highest BCUT2D eigenvalue weighted by atomic mass is 35.5. The minimum atomic E-state index is 0.683. The molecule has 1 aromatic heterocycles. The first-order valence-corrected chi connectivity index (χ1v) is 5.18. The lowest BCUT2D eigenvalue weighted by atomic mass is 10.2. The standard InChI is InChI=1S/C12H10ClN3/c13-12-4-2-1-3-10(12)9-15-16-11-5-7-14-8-6-11/h1-9H,(H,14,16)/b15-9+. The molecule has 0 spiro atoms. The van der Waals surface area contributed by atoms with Crippen molar-refractivity contribution in [2.75, 3.05) is 5.43 Å². The molecule has 1 aromatic carbocycles. The second-order valence-corrected chi connectivity index (χ2v) is 3.53. The van der Waals surface area contributed by atoms with E-state index in [-0.39, 0.29) is 0 Å². The molecule has 0 unspecified atom stereocenters. The fourth-order valence-electron chi connectivity index (χ4n) is 1.18. The van der Waals surface area contributed by atoms with Gasteiger partial charge in [0.15, 0.2) is 0 Å². The van der Waals surface area contributed by atoms with Crippen LogP contribution in [0, 0.1) is 0 Å². The molecule has 0 fully saturated rings. The lowest BCUT2D eigenvalue weighted by Crippen LogP contribution is -1.90. The third kappa shape index (κ3) is 2.81. The Morgan fingerprint density at radius 3 is 2.62 bits per heavy atom. The molecular weight excluding hydrogens is 222 g/mol. The largest absolute Gasteiger partial charge is 0.278 e. The highest BCUT2D eigenvalue weighted by molar-refractivity contribution is 6.33. The van der Waals surface area contributed by atoms with Gasteiger partial charge in [0.1, 0.15) is 0 Å².